The molecular formula is C20H20O6. The SMILES string of the molecule is CC(C(=O)C(=O)O)c1ccccc1.COC(=O)C(=O)Cc1ccccc1. The Hall–Kier alpha value is -3.28. The smallest absolute Gasteiger partial charge is 0.374 e. The molecule has 0 bridgehead atoms. The maximum Gasteiger partial charge on any atom is 0.374 e. The third-order valence-electron chi connectivity index (χ3n) is 3.52. The average Bonchev–Trinajstić information content (AvgIpc) is 2.68. The number of hydrogen-bond donors (Lipinski definition) is 1. The first-order valence-corrected chi connectivity index (χ1v) is 7.84. The molecule has 1 atom stereocenters. The standard InChI is InChI=1S/2C10H10O3/c1-13-10(12)9(11)7-8-5-3-2-4-6-8;1-7(9(11)10(12)13)8-5-3-2-4-6-8/h2-6H,7H2,1H3;2-7H,1H3,(H,12,13). The van der Waals surface area contributed by atoms with Gasteiger partial charge in [-0.1, -0.05) is 67.6 Å². The van der Waals surface area contributed by atoms with Crippen molar-refractivity contribution in [3.63, 3.8) is 0 Å². The van der Waals surface area contributed by atoms with E-state index >= 15 is 0 Å². The topological polar surface area (TPSA) is 97.7 Å². The number of rotatable bonds is 6. The van der Waals surface area contributed by atoms with Gasteiger partial charge in [0.1, 0.15) is 0 Å². The monoisotopic (exact) mass is 356 g/mol. The Morgan fingerprint density at radius 3 is 1.88 bits per heavy atom. The molecule has 0 aliphatic carbocycles. The van der Waals surface area contributed by atoms with E-state index in [1.54, 1.807) is 43.3 Å². The lowest BCUT2D eigenvalue weighted by molar-refractivity contribution is -0.151. The molecule has 0 radical (unpaired) electrons. The van der Waals surface area contributed by atoms with Gasteiger partial charge in [0.25, 0.3) is 0 Å². The van der Waals surface area contributed by atoms with Gasteiger partial charge >= 0.3 is 11.9 Å². The zero-order valence-corrected chi connectivity index (χ0v) is 14.5. The van der Waals surface area contributed by atoms with Crippen molar-refractivity contribution in [1.29, 1.82) is 0 Å². The molecule has 26 heavy (non-hydrogen) atoms. The van der Waals surface area contributed by atoms with Crippen molar-refractivity contribution >= 4 is 23.5 Å². The summed E-state index contributed by atoms with van der Waals surface area (Å²) in [6.07, 6.45) is 0.105. The third kappa shape index (κ3) is 6.68. The molecule has 0 fully saturated rings. The Bertz CT molecular complexity index is 752. The number of methoxy groups -OCH3 is 1. The lowest BCUT2D eigenvalue weighted by Crippen LogP contribution is -2.19. The lowest BCUT2D eigenvalue weighted by Gasteiger charge is -2.06. The molecule has 0 aromatic heterocycles. The number of ether oxygens (including phenoxy) is 1. The summed E-state index contributed by atoms with van der Waals surface area (Å²) in [7, 11) is 1.20. The second-order valence-electron chi connectivity index (χ2n) is 5.38. The van der Waals surface area contributed by atoms with Gasteiger partial charge in [-0.3, -0.25) is 9.59 Å². The highest BCUT2D eigenvalue weighted by atomic mass is 16.5. The summed E-state index contributed by atoms with van der Waals surface area (Å²) in [5.41, 5.74) is 1.55. The van der Waals surface area contributed by atoms with Crippen molar-refractivity contribution < 1.29 is 29.0 Å². The number of hydrogen-bond acceptors (Lipinski definition) is 5. The normalized spacial score (nSPS) is 10.7. The van der Waals surface area contributed by atoms with E-state index in [4.69, 9.17) is 5.11 Å². The molecule has 0 spiro atoms. The molecule has 0 saturated heterocycles. The Kier molecular flexibility index (Phi) is 8.43. The maximum absolute atomic E-state index is 11.1. The van der Waals surface area contributed by atoms with Crippen LogP contribution in [0.1, 0.15) is 24.0 Å². The van der Waals surface area contributed by atoms with Crippen LogP contribution >= 0.6 is 0 Å². The van der Waals surface area contributed by atoms with Crippen molar-refractivity contribution in [2.75, 3.05) is 7.11 Å². The number of esters is 1. The molecule has 0 aliphatic heterocycles. The van der Waals surface area contributed by atoms with Gasteiger partial charge in [0.05, 0.1) is 13.0 Å². The van der Waals surface area contributed by atoms with Crippen LogP contribution in [0.15, 0.2) is 60.7 Å². The second kappa shape index (κ2) is 10.6. The highest BCUT2D eigenvalue weighted by Gasteiger charge is 2.21. The van der Waals surface area contributed by atoms with Crippen molar-refractivity contribution in [3.8, 4) is 0 Å². The summed E-state index contributed by atoms with van der Waals surface area (Å²) in [5, 5.41) is 8.46. The summed E-state index contributed by atoms with van der Waals surface area (Å²) < 4.78 is 4.30. The van der Waals surface area contributed by atoms with Gasteiger partial charge in [0.15, 0.2) is 0 Å². The van der Waals surface area contributed by atoms with Crippen LogP contribution < -0.4 is 0 Å². The minimum Gasteiger partial charge on any atom is -0.475 e. The number of carboxylic acids is 1. The maximum atomic E-state index is 11.1. The summed E-state index contributed by atoms with van der Waals surface area (Å²) in [6.45, 7) is 1.59. The van der Waals surface area contributed by atoms with E-state index in [0.29, 0.717) is 0 Å². The highest BCUT2D eigenvalue weighted by molar-refractivity contribution is 6.35. The minimum absolute atomic E-state index is 0.105. The fourth-order valence-corrected chi connectivity index (χ4v) is 2.05. The number of Topliss-reactive ketones (excluding diaryl/α,β-unsaturated/α-hetero) is 2. The Labute approximate surface area is 151 Å². The molecule has 0 heterocycles. The van der Waals surface area contributed by atoms with Crippen LogP contribution in [0.3, 0.4) is 0 Å². The Morgan fingerprint density at radius 1 is 0.923 bits per heavy atom. The van der Waals surface area contributed by atoms with Crippen LogP contribution in [0, 0.1) is 0 Å². The predicted molar refractivity (Wildman–Crippen MR) is 94.7 cm³/mol. The molecule has 1 N–H and O–H groups in total. The van der Waals surface area contributed by atoms with E-state index in [-0.39, 0.29) is 6.42 Å². The number of aliphatic carboxylic acids is 1. The van der Waals surface area contributed by atoms with Crippen LogP contribution in [0.4, 0.5) is 0 Å². The molecule has 1 unspecified atom stereocenters. The molecule has 2 rings (SSSR count). The number of carbonyl (C=O) groups is 4. The van der Waals surface area contributed by atoms with Crippen molar-refractivity contribution in [2.45, 2.75) is 19.3 Å². The van der Waals surface area contributed by atoms with E-state index < -0.39 is 29.4 Å². The molecule has 0 amide bonds. The van der Waals surface area contributed by atoms with Crippen LogP contribution in [0.2, 0.25) is 0 Å². The van der Waals surface area contributed by atoms with Gasteiger partial charge in [0, 0.05) is 6.42 Å². The molecule has 2 aromatic rings. The average molecular weight is 356 g/mol. The summed E-state index contributed by atoms with van der Waals surface area (Å²) in [5.74, 6) is -4.03. The largest absolute Gasteiger partial charge is 0.475 e. The highest BCUT2D eigenvalue weighted by Crippen LogP contribution is 2.15. The van der Waals surface area contributed by atoms with E-state index in [9.17, 15) is 19.2 Å². The van der Waals surface area contributed by atoms with Crippen molar-refractivity contribution in [3.05, 3.63) is 71.8 Å². The molecule has 0 aliphatic rings. The van der Waals surface area contributed by atoms with E-state index in [0.717, 1.165) is 11.1 Å². The van der Waals surface area contributed by atoms with Crippen LogP contribution in [-0.4, -0.2) is 35.7 Å². The fourth-order valence-electron chi connectivity index (χ4n) is 2.05. The minimum atomic E-state index is -1.38. The fraction of sp³-hybridized carbons (Fsp3) is 0.200. The number of benzene rings is 2. The first-order chi connectivity index (χ1) is 12.4. The van der Waals surface area contributed by atoms with Gasteiger partial charge < -0.3 is 9.84 Å². The van der Waals surface area contributed by atoms with E-state index in [1.165, 1.54) is 7.11 Å². The molecule has 136 valence electrons. The molecule has 2 aromatic carbocycles. The van der Waals surface area contributed by atoms with Crippen LogP contribution in [-0.2, 0) is 30.3 Å². The Balaban J connectivity index is 0.000000260. The van der Waals surface area contributed by atoms with Gasteiger partial charge in [-0.05, 0) is 11.1 Å². The first-order valence-electron chi connectivity index (χ1n) is 7.84. The van der Waals surface area contributed by atoms with E-state index in [1.807, 2.05) is 24.3 Å². The molecule has 0 saturated carbocycles. The summed E-state index contributed by atoms with van der Waals surface area (Å²) in [6, 6.07) is 17.9. The van der Waals surface area contributed by atoms with Gasteiger partial charge in [-0.2, -0.15) is 0 Å². The van der Waals surface area contributed by atoms with Crippen LogP contribution in [0.25, 0.3) is 0 Å². The molecular weight excluding hydrogens is 336 g/mol. The number of ketones is 2. The molecule has 6 heteroatoms. The Morgan fingerprint density at radius 2 is 1.42 bits per heavy atom. The third-order valence-corrected chi connectivity index (χ3v) is 3.52. The number of carbonyl (C=O) groups excluding carboxylic acids is 3. The van der Waals surface area contributed by atoms with E-state index in [2.05, 4.69) is 4.74 Å². The summed E-state index contributed by atoms with van der Waals surface area (Å²) in [4.78, 5) is 43.2. The zero-order chi connectivity index (χ0) is 19.5. The molecule has 6 nitrogen and oxygen atoms in total. The lowest BCUT2D eigenvalue weighted by atomic mass is 9.97. The number of carboxylic acid groups (broad SMARTS) is 1. The predicted octanol–water partition coefficient (Wildman–Crippen LogP) is 2.42. The van der Waals surface area contributed by atoms with Gasteiger partial charge in [0.2, 0.25) is 11.6 Å². The van der Waals surface area contributed by atoms with Crippen molar-refractivity contribution in [2.24, 2.45) is 0 Å². The summed E-state index contributed by atoms with van der Waals surface area (Å²) >= 11 is 0. The first kappa shape index (κ1) is 20.8. The van der Waals surface area contributed by atoms with Crippen LogP contribution in [0.5, 0.6) is 0 Å². The quantitative estimate of drug-likeness (QED) is 0.630. The van der Waals surface area contributed by atoms with Gasteiger partial charge in [-0.15, -0.1) is 0 Å². The second-order valence-corrected chi connectivity index (χ2v) is 5.38. The zero-order valence-electron chi connectivity index (χ0n) is 14.5. The van der Waals surface area contributed by atoms with Crippen molar-refractivity contribution in [1.82, 2.24) is 0 Å². The van der Waals surface area contributed by atoms with Gasteiger partial charge in [-0.25, -0.2) is 9.59 Å².